The van der Waals surface area contributed by atoms with Crippen LogP contribution in [-0.4, -0.2) is 45.0 Å². The van der Waals surface area contributed by atoms with Gasteiger partial charge in [0.05, 0.1) is 13.7 Å². The van der Waals surface area contributed by atoms with E-state index in [1.807, 2.05) is 6.07 Å². The highest BCUT2D eigenvalue weighted by atomic mass is 19.1. The number of methoxy groups -OCH3 is 1. The van der Waals surface area contributed by atoms with E-state index in [4.69, 9.17) is 11.5 Å². The third-order valence-corrected chi connectivity index (χ3v) is 4.71. The molecule has 1 aromatic carbocycles. The fraction of sp³-hybridized carbons (Fsp3) is 0.150. The molecule has 4 rings (SSSR count). The van der Waals surface area contributed by atoms with Crippen LogP contribution in [0.3, 0.4) is 0 Å². The number of aromatic nitrogens is 5. The van der Waals surface area contributed by atoms with Crippen LogP contribution in [0.15, 0.2) is 42.7 Å². The van der Waals surface area contributed by atoms with Crippen LogP contribution in [0.2, 0.25) is 0 Å². The maximum absolute atomic E-state index is 14.7. The summed E-state index contributed by atoms with van der Waals surface area (Å²) in [6.07, 6.45) is 2.66. The summed E-state index contributed by atoms with van der Waals surface area (Å²) < 4.78 is 20.9. The summed E-state index contributed by atoms with van der Waals surface area (Å²) >= 11 is 0. The van der Waals surface area contributed by atoms with Crippen molar-refractivity contribution in [2.75, 3.05) is 30.5 Å². The van der Waals surface area contributed by atoms with Gasteiger partial charge in [-0.15, -0.1) is 0 Å². The van der Waals surface area contributed by atoms with Gasteiger partial charge in [-0.2, -0.15) is 5.10 Å². The summed E-state index contributed by atoms with van der Waals surface area (Å²) in [5, 5.41) is 5.03. The number of halogens is 1. The molecule has 0 aliphatic heterocycles. The van der Waals surface area contributed by atoms with Crippen LogP contribution in [0.4, 0.5) is 26.5 Å². The molecule has 3 heterocycles. The molecular formula is C20H19FN8O2. The van der Waals surface area contributed by atoms with Crippen molar-refractivity contribution in [1.29, 1.82) is 0 Å². The second kappa shape index (κ2) is 7.86. The lowest BCUT2D eigenvalue weighted by molar-refractivity contribution is 0.180. The lowest BCUT2D eigenvalue weighted by Crippen LogP contribution is -2.28. The zero-order chi connectivity index (χ0) is 22.1. The topological polar surface area (TPSA) is 138 Å². The molecule has 31 heavy (non-hydrogen) atoms. The number of fused-ring (bicyclic) bond motifs is 1. The molecule has 0 spiro atoms. The number of rotatable bonds is 4. The van der Waals surface area contributed by atoms with E-state index in [9.17, 15) is 9.18 Å². The Morgan fingerprint density at radius 2 is 1.94 bits per heavy atom. The SMILES string of the molecule is COC(=O)N(C)c1c(N)nc(-c2nn(Cc3cccnc3)c3c(F)cccc23)nc1N. The van der Waals surface area contributed by atoms with Crippen molar-refractivity contribution in [2.45, 2.75) is 6.54 Å². The highest BCUT2D eigenvalue weighted by Gasteiger charge is 2.23. The van der Waals surface area contributed by atoms with E-state index in [2.05, 4.69) is 24.8 Å². The summed E-state index contributed by atoms with van der Waals surface area (Å²) in [7, 11) is 2.67. The Labute approximate surface area is 176 Å². The van der Waals surface area contributed by atoms with Gasteiger partial charge in [-0.05, 0) is 17.7 Å². The monoisotopic (exact) mass is 422 g/mol. The van der Waals surface area contributed by atoms with E-state index in [0.717, 1.165) is 10.5 Å². The van der Waals surface area contributed by atoms with Crippen LogP contribution in [-0.2, 0) is 11.3 Å². The number of benzene rings is 1. The van der Waals surface area contributed by atoms with Crippen molar-refractivity contribution in [3.8, 4) is 11.5 Å². The molecule has 10 nitrogen and oxygen atoms in total. The molecule has 11 heteroatoms. The predicted octanol–water partition coefficient (Wildman–Crippen LogP) is 2.44. The number of nitrogen functional groups attached to an aromatic ring is 2. The molecule has 0 unspecified atom stereocenters. The Balaban J connectivity index is 1.85. The summed E-state index contributed by atoms with van der Waals surface area (Å²) in [5.74, 6) is -0.413. The van der Waals surface area contributed by atoms with Gasteiger partial charge in [-0.1, -0.05) is 18.2 Å². The Hall–Kier alpha value is -4.28. The molecule has 1 amide bonds. The number of ether oxygens (including phenoxy) is 1. The molecule has 0 radical (unpaired) electrons. The molecule has 0 bridgehead atoms. The van der Waals surface area contributed by atoms with Crippen molar-refractivity contribution in [2.24, 2.45) is 0 Å². The Kier molecular flexibility index (Phi) is 5.07. The van der Waals surface area contributed by atoms with Crippen LogP contribution in [0.25, 0.3) is 22.4 Å². The summed E-state index contributed by atoms with van der Waals surface area (Å²) in [4.78, 5) is 25.6. The minimum absolute atomic E-state index is 0.0400. The van der Waals surface area contributed by atoms with Crippen LogP contribution < -0.4 is 16.4 Å². The van der Waals surface area contributed by atoms with Gasteiger partial charge in [0.1, 0.15) is 22.7 Å². The number of nitrogens with zero attached hydrogens (tertiary/aromatic N) is 6. The molecule has 158 valence electrons. The second-order valence-electron chi connectivity index (χ2n) is 6.70. The number of carbonyl (C=O) groups is 1. The van der Waals surface area contributed by atoms with E-state index < -0.39 is 11.9 Å². The number of para-hydroxylation sites is 1. The quantitative estimate of drug-likeness (QED) is 0.511. The van der Waals surface area contributed by atoms with Crippen molar-refractivity contribution < 1.29 is 13.9 Å². The van der Waals surface area contributed by atoms with Crippen molar-refractivity contribution in [3.05, 3.63) is 54.1 Å². The number of anilines is 3. The van der Waals surface area contributed by atoms with Gasteiger partial charge in [0, 0.05) is 24.8 Å². The molecule has 0 saturated heterocycles. The van der Waals surface area contributed by atoms with E-state index in [1.54, 1.807) is 30.6 Å². The first kappa shape index (κ1) is 20.0. The lowest BCUT2D eigenvalue weighted by atomic mass is 10.2. The zero-order valence-electron chi connectivity index (χ0n) is 16.8. The zero-order valence-corrected chi connectivity index (χ0v) is 16.8. The molecule has 0 atom stereocenters. The highest BCUT2D eigenvalue weighted by molar-refractivity contribution is 5.96. The number of hydrogen-bond acceptors (Lipinski definition) is 8. The molecule has 0 aliphatic carbocycles. The Bertz CT molecular complexity index is 1250. The van der Waals surface area contributed by atoms with E-state index in [1.165, 1.54) is 24.9 Å². The minimum atomic E-state index is -0.678. The molecule has 0 fully saturated rings. The summed E-state index contributed by atoms with van der Waals surface area (Å²) in [5.41, 5.74) is 13.7. The van der Waals surface area contributed by atoms with Gasteiger partial charge in [-0.3, -0.25) is 14.6 Å². The highest BCUT2D eigenvalue weighted by Crippen LogP contribution is 2.33. The van der Waals surface area contributed by atoms with Crippen molar-refractivity contribution in [1.82, 2.24) is 24.7 Å². The van der Waals surface area contributed by atoms with Crippen LogP contribution in [0.5, 0.6) is 0 Å². The molecule has 0 aliphatic rings. The van der Waals surface area contributed by atoms with Gasteiger partial charge < -0.3 is 16.2 Å². The van der Waals surface area contributed by atoms with Crippen LogP contribution >= 0.6 is 0 Å². The van der Waals surface area contributed by atoms with Gasteiger partial charge in [0.15, 0.2) is 17.5 Å². The predicted molar refractivity (Wildman–Crippen MR) is 114 cm³/mol. The smallest absolute Gasteiger partial charge is 0.413 e. The average molecular weight is 422 g/mol. The standard InChI is InChI=1S/C20H19FN8O2/c1-28(20(30)31-2)16-17(22)25-19(26-18(16)23)14-12-6-3-7-13(21)15(12)29(27-14)10-11-5-4-8-24-9-11/h3-9H,10H2,1-2H3,(H4,22,23,25,26). The first-order chi connectivity index (χ1) is 14.9. The Morgan fingerprint density at radius 3 is 2.58 bits per heavy atom. The maximum atomic E-state index is 14.7. The summed E-state index contributed by atoms with van der Waals surface area (Å²) in [6, 6.07) is 8.30. The maximum Gasteiger partial charge on any atom is 0.413 e. The molecule has 3 aromatic heterocycles. The molecular weight excluding hydrogens is 403 g/mol. The lowest BCUT2D eigenvalue weighted by Gasteiger charge is -2.18. The third-order valence-electron chi connectivity index (χ3n) is 4.71. The fourth-order valence-electron chi connectivity index (χ4n) is 3.31. The van der Waals surface area contributed by atoms with E-state index in [-0.39, 0.29) is 28.7 Å². The van der Waals surface area contributed by atoms with Gasteiger partial charge in [0.2, 0.25) is 0 Å². The number of carbonyl (C=O) groups excluding carboxylic acids is 1. The second-order valence-corrected chi connectivity index (χ2v) is 6.70. The van der Waals surface area contributed by atoms with Gasteiger partial charge >= 0.3 is 6.09 Å². The number of pyridine rings is 1. The molecule has 4 N–H and O–H groups in total. The number of hydrogen-bond donors (Lipinski definition) is 2. The fourth-order valence-corrected chi connectivity index (χ4v) is 3.31. The molecule has 0 saturated carbocycles. The minimum Gasteiger partial charge on any atom is -0.452 e. The van der Waals surface area contributed by atoms with Gasteiger partial charge in [-0.25, -0.2) is 19.2 Å². The van der Waals surface area contributed by atoms with Crippen molar-refractivity contribution >= 4 is 34.3 Å². The van der Waals surface area contributed by atoms with Crippen LogP contribution in [0.1, 0.15) is 5.56 Å². The van der Waals surface area contributed by atoms with Crippen molar-refractivity contribution in [3.63, 3.8) is 0 Å². The first-order valence-electron chi connectivity index (χ1n) is 9.19. The third kappa shape index (κ3) is 3.56. The van der Waals surface area contributed by atoms with E-state index in [0.29, 0.717) is 17.6 Å². The van der Waals surface area contributed by atoms with E-state index >= 15 is 0 Å². The molecule has 4 aromatic rings. The number of nitrogens with two attached hydrogens (primary N) is 2. The van der Waals surface area contributed by atoms with Crippen LogP contribution in [0, 0.1) is 5.82 Å². The summed E-state index contributed by atoms with van der Waals surface area (Å²) in [6.45, 7) is 0.291. The first-order valence-corrected chi connectivity index (χ1v) is 9.19. The Morgan fingerprint density at radius 1 is 1.19 bits per heavy atom. The average Bonchev–Trinajstić information content (AvgIpc) is 3.13. The normalized spacial score (nSPS) is 10.9. The number of amides is 1. The van der Waals surface area contributed by atoms with Gasteiger partial charge in [0.25, 0.3) is 0 Å². The largest absolute Gasteiger partial charge is 0.452 e.